The average molecular weight is 358 g/mol. The number of fused-ring (bicyclic) bond motifs is 1. The number of H-pyrrole nitrogens is 1. The molecule has 0 bridgehead atoms. The van der Waals surface area contributed by atoms with Crippen molar-refractivity contribution in [3.05, 3.63) is 76.1 Å². The fraction of sp³-hybridized carbons (Fsp3) is 0.0556. The number of ether oxygens (including phenoxy) is 1. The zero-order valence-corrected chi connectivity index (χ0v) is 13.2. The van der Waals surface area contributed by atoms with Crippen LogP contribution in [0, 0.1) is 11.6 Å². The predicted molar refractivity (Wildman–Crippen MR) is 89.8 cm³/mol. The average Bonchev–Trinajstić information content (AvgIpc) is 2.62. The van der Waals surface area contributed by atoms with Crippen LogP contribution in [0.2, 0.25) is 0 Å². The summed E-state index contributed by atoms with van der Waals surface area (Å²) in [5, 5.41) is 2.50. The normalized spacial score (nSPS) is 10.5. The second kappa shape index (κ2) is 7.14. The molecule has 0 saturated carbocycles. The first kappa shape index (κ1) is 17.3. The van der Waals surface area contributed by atoms with Crippen molar-refractivity contribution in [2.45, 2.75) is 0 Å². The summed E-state index contributed by atoms with van der Waals surface area (Å²) >= 11 is 0. The van der Waals surface area contributed by atoms with Crippen molar-refractivity contribution in [2.24, 2.45) is 0 Å². The summed E-state index contributed by atoms with van der Waals surface area (Å²) in [6.45, 7) is -0.732. The number of hydrogen-bond acceptors (Lipinski definition) is 4. The number of carbonyl (C=O) groups excluding carboxylic acids is 2. The number of hydrogen-bond donors (Lipinski definition) is 2. The maximum atomic E-state index is 13.5. The van der Waals surface area contributed by atoms with Gasteiger partial charge >= 0.3 is 5.97 Å². The van der Waals surface area contributed by atoms with Crippen molar-refractivity contribution in [2.75, 3.05) is 11.9 Å². The highest BCUT2D eigenvalue weighted by molar-refractivity contribution is 5.95. The molecule has 0 aliphatic heterocycles. The highest BCUT2D eigenvalue weighted by Gasteiger charge is 2.14. The van der Waals surface area contributed by atoms with E-state index in [-0.39, 0.29) is 16.8 Å². The number of halogens is 2. The van der Waals surface area contributed by atoms with Gasteiger partial charge < -0.3 is 15.0 Å². The SMILES string of the molecule is O=C(COC(=O)c1cc(=O)c2ccccc2[nH]1)Nc1cc(F)ccc1F. The van der Waals surface area contributed by atoms with E-state index in [1.807, 2.05) is 0 Å². The van der Waals surface area contributed by atoms with E-state index in [9.17, 15) is 23.2 Å². The van der Waals surface area contributed by atoms with Crippen LogP contribution in [-0.2, 0) is 9.53 Å². The van der Waals surface area contributed by atoms with Crippen molar-refractivity contribution < 1.29 is 23.1 Å². The Labute approximate surface area is 145 Å². The third kappa shape index (κ3) is 3.75. The van der Waals surface area contributed by atoms with E-state index in [1.165, 1.54) is 0 Å². The van der Waals surface area contributed by atoms with Gasteiger partial charge in [-0.1, -0.05) is 12.1 Å². The molecule has 0 aliphatic carbocycles. The van der Waals surface area contributed by atoms with E-state index >= 15 is 0 Å². The predicted octanol–water partition coefficient (Wildman–Crippen LogP) is 2.60. The molecule has 1 heterocycles. The topological polar surface area (TPSA) is 88.3 Å². The molecule has 0 spiro atoms. The molecule has 0 atom stereocenters. The van der Waals surface area contributed by atoms with Gasteiger partial charge in [0.05, 0.1) is 5.69 Å². The Morgan fingerprint density at radius 3 is 2.65 bits per heavy atom. The molecule has 26 heavy (non-hydrogen) atoms. The van der Waals surface area contributed by atoms with Crippen LogP contribution in [0.25, 0.3) is 10.9 Å². The monoisotopic (exact) mass is 358 g/mol. The molecular formula is C18H12F2N2O4. The Bertz CT molecular complexity index is 1060. The lowest BCUT2D eigenvalue weighted by atomic mass is 10.2. The van der Waals surface area contributed by atoms with E-state index in [0.29, 0.717) is 10.9 Å². The smallest absolute Gasteiger partial charge is 0.355 e. The van der Waals surface area contributed by atoms with Crippen molar-refractivity contribution in [1.29, 1.82) is 0 Å². The lowest BCUT2D eigenvalue weighted by molar-refractivity contribution is -0.119. The van der Waals surface area contributed by atoms with Gasteiger partial charge in [0, 0.05) is 23.0 Å². The van der Waals surface area contributed by atoms with Crippen LogP contribution in [-0.4, -0.2) is 23.5 Å². The second-order valence-corrected chi connectivity index (χ2v) is 5.34. The number of aromatic nitrogens is 1. The highest BCUT2D eigenvalue weighted by Crippen LogP contribution is 2.15. The summed E-state index contributed by atoms with van der Waals surface area (Å²) in [7, 11) is 0. The number of amides is 1. The molecule has 3 rings (SSSR count). The Morgan fingerprint density at radius 2 is 1.85 bits per heavy atom. The summed E-state index contributed by atoms with van der Waals surface area (Å²) in [6, 6.07) is 10.2. The summed E-state index contributed by atoms with van der Waals surface area (Å²) < 4.78 is 31.3. The van der Waals surface area contributed by atoms with Gasteiger partial charge in [0.25, 0.3) is 5.91 Å². The highest BCUT2D eigenvalue weighted by atomic mass is 19.1. The van der Waals surface area contributed by atoms with Crippen molar-refractivity contribution in [1.82, 2.24) is 4.98 Å². The molecular weight excluding hydrogens is 346 g/mol. The van der Waals surface area contributed by atoms with Crippen molar-refractivity contribution in [3.63, 3.8) is 0 Å². The van der Waals surface area contributed by atoms with Crippen LogP contribution in [0.15, 0.2) is 53.3 Å². The number of nitrogens with one attached hydrogen (secondary N) is 2. The maximum absolute atomic E-state index is 13.5. The molecule has 132 valence electrons. The molecule has 0 fully saturated rings. The number of carbonyl (C=O) groups is 2. The minimum Gasteiger partial charge on any atom is -0.451 e. The first-order valence-electron chi connectivity index (χ1n) is 7.48. The van der Waals surface area contributed by atoms with Crippen LogP contribution < -0.4 is 10.7 Å². The minimum atomic E-state index is -0.928. The van der Waals surface area contributed by atoms with Gasteiger partial charge in [-0.2, -0.15) is 0 Å². The van der Waals surface area contributed by atoms with E-state index in [1.54, 1.807) is 24.3 Å². The van der Waals surface area contributed by atoms with E-state index < -0.39 is 30.1 Å². The van der Waals surface area contributed by atoms with Gasteiger partial charge in [-0.05, 0) is 24.3 Å². The number of rotatable bonds is 4. The lowest BCUT2D eigenvalue weighted by Crippen LogP contribution is -2.22. The zero-order valence-electron chi connectivity index (χ0n) is 13.2. The molecule has 1 amide bonds. The zero-order chi connectivity index (χ0) is 18.7. The van der Waals surface area contributed by atoms with Gasteiger partial charge in [-0.3, -0.25) is 9.59 Å². The van der Waals surface area contributed by atoms with E-state index in [0.717, 1.165) is 24.3 Å². The Kier molecular flexibility index (Phi) is 4.74. The van der Waals surface area contributed by atoms with Crippen LogP contribution in [0.5, 0.6) is 0 Å². The third-order valence-corrected chi connectivity index (χ3v) is 3.49. The second-order valence-electron chi connectivity index (χ2n) is 5.34. The molecule has 3 aromatic rings. The number of esters is 1. The number of pyridine rings is 1. The van der Waals surface area contributed by atoms with Gasteiger partial charge in [0.2, 0.25) is 0 Å². The summed E-state index contributed by atoms with van der Waals surface area (Å²) in [6.07, 6.45) is 0. The van der Waals surface area contributed by atoms with Crippen LogP contribution in [0.4, 0.5) is 14.5 Å². The van der Waals surface area contributed by atoms with E-state index in [4.69, 9.17) is 4.74 Å². The van der Waals surface area contributed by atoms with Gasteiger partial charge in [0.15, 0.2) is 12.0 Å². The fourth-order valence-electron chi connectivity index (χ4n) is 2.30. The van der Waals surface area contributed by atoms with Crippen molar-refractivity contribution in [3.8, 4) is 0 Å². The molecule has 8 heteroatoms. The minimum absolute atomic E-state index is 0.126. The molecule has 0 saturated heterocycles. The van der Waals surface area contributed by atoms with Gasteiger partial charge in [-0.15, -0.1) is 0 Å². The summed E-state index contributed by atoms with van der Waals surface area (Å²) in [5.41, 5.74) is -0.431. The first-order chi connectivity index (χ1) is 12.4. The maximum Gasteiger partial charge on any atom is 0.355 e. The molecule has 0 aliphatic rings. The third-order valence-electron chi connectivity index (χ3n) is 3.49. The standard InChI is InChI=1S/C18H12F2N2O4/c19-10-5-6-12(20)14(7-10)22-17(24)9-26-18(25)15-8-16(23)11-3-1-2-4-13(11)21-15/h1-8H,9H2,(H,21,23)(H,22,24). The fourth-order valence-corrected chi connectivity index (χ4v) is 2.30. The van der Waals surface area contributed by atoms with Gasteiger partial charge in [-0.25, -0.2) is 13.6 Å². The number of benzene rings is 2. The van der Waals surface area contributed by atoms with Crippen LogP contribution in [0.1, 0.15) is 10.5 Å². The lowest BCUT2D eigenvalue weighted by Gasteiger charge is -2.08. The Hall–Kier alpha value is -3.55. The number of aromatic amines is 1. The van der Waals surface area contributed by atoms with Crippen molar-refractivity contribution >= 4 is 28.5 Å². The molecule has 6 nitrogen and oxygen atoms in total. The Morgan fingerprint density at radius 1 is 1.08 bits per heavy atom. The summed E-state index contributed by atoms with van der Waals surface area (Å²) in [5.74, 6) is -3.34. The molecule has 2 aromatic carbocycles. The summed E-state index contributed by atoms with van der Waals surface area (Å²) in [4.78, 5) is 38.5. The van der Waals surface area contributed by atoms with E-state index in [2.05, 4.69) is 10.3 Å². The molecule has 0 unspecified atom stereocenters. The van der Waals surface area contributed by atoms with Crippen LogP contribution in [0.3, 0.4) is 0 Å². The van der Waals surface area contributed by atoms with Gasteiger partial charge in [0.1, 0.15) is 17.3 Å². The quantitative estimate of drug-likeness (QED) is 0.702. The largest absolute Gasteiger partial charge is 0.451 e. The molecule has 1 aromatic heterocycles. The first-order valence-corrected chi connectivity index (χ1v) is 7.48. The number of anilines is 1. The molecule has 2 N–H and O–H groups in total. The number of para-hydroxylation sites is 1. The van der Waals surface area contributed by atoms with Crippen LogP contribution >= 0.6 is 0 Å². The molecule has 0 radical (unpaired) electrons. The Balaban J connectivity index is 1.68.